The summed E-state index contributed by atoms with van der Waals surface area (Å²) < 4.78 is 5.50. The van der Waals surface area contributed by atoms with Crippen molar-refractivity contribution in [2.45, 2.75) is 32.7 Å². The van der Waals surface area contributed by atoms with Crippen molar-refractivity contribution in [3.8, 4) is 5.75 Å². The number of ether oxygens (including phenoxy) is 1. The third-order valence-corrected chi connectivity index (χ3v) is 4.60. The summed E-state index contributed by atoms with van der Waals surface area (Å²) in [5, 5.41) is 3.51. The summed E-state index contributed by atoms with van der Waals surface area (Å²) in [5.74, 6) is 1.60. The maximum atomic E-state index is 12.7. The summed E-state index contributed by atoms with van der Waals surface area (Å²) >= 11 is 0. The molecule has 3 rings (SSSR count). The standard InChI is InChI=1S/C17H24N2O2/c1-3-18-15-6-8-19(11-12(15)2)17(20)14-4-5-16-13(10-14)7-9-21-16/h4-5,10,12,15,18H,3,6-9,11H2,1-2H3. The fourth-order valence-corrected chi connectivity index (χ4v) is 3.40. The molecular formula is C17H24N2O2. The average molecular weight is 288 g/mol. The Labute approximate surface area is 126 Å². The number of amides is 1. The lowest BCUT2D eigenvalue weighted by molar-refractivity contribution is 0.0646. The fraction of sp³-hybridized carbons (Fsp3) is 0.588. The van der Waals surface area contributed by atoms with E-state index in [0.29, 0.717) is 12.0 Å². The van der Waals surface area contributed by atoms with Crippen molar-refractivity contribution >= 4 is 5.91 Å². The van der Waals surface area contributed by atoms with E-state index in [1.165, 1.54) is 0 Å². The first-order valence-corrected chi connectivity index (χ1v) is 7.97. The van der Waals surface area contributed by atoms with Crippen LogP contribution in [0.2, 0.25) is 0 Å². The van der Waals surface area contributed by atoms with Gasteiger partial charge in [0.05, 0.1) is 6.61 Å². The summed E-state index contributed by atoms with van der Waals surface area (Å²) in [7, 11) is 0. The fourth-order valence-electron chi connectivity index (χ4n) is 3.40. The molecule has 0 spiro atoms. The first-order chi connectivity index (χ1) is 10.2. The second-order valence-corrected chi connectivity index (χ2v) is 6.10. The van der Waals surface area contributed by atoms with Gasteiger partial charge < -0.3 is 15.0 Å². The van der Waals surface area contributed by atoms with Crippen LogP contribution in [0.1, 0.15) is 36.2 Å². The molecule has 21 heavy (non-hydrogen) atoms. The Morgan fingerprint density at radius 1 is 1.48 bits per heavy atom. The van der Waals surface area contributed by atoms with Crippen molar-refractivity contribution in [2.75, 3.05) is 26.2 Å². The molecule has 0 saturated carbocycles. The van der Waals surface area contributed by atoms with E-state index in [1.807, 2.05) is 23.1 Å². The van der Waals surface area contributed by atoms with Gasteiger partial charge in [-0.05, 0) is 42.6 Å². The topological polar surface area (TPSA) is 41.6 Å². The first-order valence-electron chi connectivity index (χ1n) is 7.97. The normalized spacial score (nSPS) is 24.6. The van der Waals surface area contributed by atoms with E-state index in [2.05, 4.69) is 19.2 Å². The molecular weight excluding hydrogens is 264 g/mol. The van der Waals surface area contributed by atoms with Crippen LogP contribution in [0.4, 0.5) is 0 Å². The molecule has 2 aliphatic heterocycles. The van der Waals surface area contributed by atoms with Crippen molar-refractivity contribution in [3.05, 3.63) is 29.3 Å². The van der Waals surface area contributed by atoms with Gasteiger partial charge in [0.2, 0.25) is 0 Å². The summed E-state index contributed by atoms with van der Waals surface area (Å²) in [4.78, 5) is 14.7. The van der Waals surface area contributed by atoms with Crippen molar-refractivity contribution in [2.24, 2.45) is 5.92 Å². The first kappa shape index (κ1) is 14.4. The van der Waals surface area contributed by atoms with Crippen LogP contribution >= 0.6 is 0 Å². The van der Waals surface area contributed by atoms with Crippen molar-refractivity contribution in [3.63, 3.8) is 0 Å². The third-order valence-electron chi connectivity index (χ3n) is 4.60. The monoisotopic (exact) mass is 288 g/mol. The highest BCUT2D eigenvalue weighted by Gasteiger charge is 2.29. The Bertz CT molecular complexity index is 530. The Kier molecular flexibility index (Phi) is 4.15. The number of carbonyl (C=O) groups excluding carboxylic acids is 1. The lowest BCUT2D eigenvalue weighted by Crippen LogP contribution is -2.50. The maximum Gasteiger partial charge on any atom is 0.253 e. The van der Waals surface area contributed by atoms with Crippen LogP contribution in [0.15, 0.2) is 18.2 Å². The third kappa shape index (κ3) is 2.91. The zero-order chi connectivity index (χ0) is 14.8. The highest BCUT2D eigenvalue weighted by atomic mass is 16.5. The molecule has 0 bridgehead atoms. The molecule has 1 aromatic carbocycles. The molecule has 0 radical (unpaired) electrons. The molecule has 2 unspecified atom stereocenters. The Balaban J connectivity index is 1.69. The second-order valence-electron chi connectivity index (χ2n) is 6.10. The SMILES string of the molecule is CCNC1CCN(C(=O)c2ccc3c(c2)CCO3)CC1C. The van der Waals surface area contributed by atoms with Crippen molar-refractivity contribution in [1.82, 2.24) is 10.2 Å². The van der Waals surface area contributed by atoms with Gasteiger partial charge in [-0.25, -0.2) is 0 Å². The number of likely N-dealkylation sites (tertiary alicyclic amines) is 1. The van der Waals surface area contributed by atoms with Crippen LogP contribution in [-0.2, 0) is 6.42 Å². The number of fused-ring (bicyclic) bond motifs is 1. The van der Waals surface area contributed by atoms with E-state index < -0.39 is 0 Å². The quantitative estimate of drug-likeness (QED) is 0.926. The van der Waals surface area contributed by atoms with Crippen molar-refractivity contribution in [1.29, 1.82) is 0 Å². The Morgan fingerprint density at radius 3 is 3.10 bits per heavy atom. The van der Waals surface area contributed by atoms with Gasteiger partial charge in [-0.1, -0.05) is 13.8 Å². The van der Waals surface area contributed by atoms with Crippen LogP contribution in [0.5, 0.6) is 5.75 Å². The van der Waals surface area contributed by atoms with Gasteiger partial charge >= 0.3 is 0 Å². The number of rotatable bonds is 3. The Morgan fingerprint density at radius 2 is 2.33 bits per heavy atom. The van der Waals surface area contributed by atoms with E-state index in [9.17, 15) is 4.79 Å². The van der Waals surface area contributed by atoms with E-state index in [4.69, 9.17) is 4.74 Å². The van der Waals surface area contributed by atoms with Crippen LogP contribution < -0.4 is 10.1 Å². The predicted molar refractivity (Wildman–Crippen MR) is 82.8 cm³/mol. The van der Waals surface area contributed by atoms with Crippen molar-refractivity contribution < 1.29 is 9.53 Å². The zero-order valence-electron chi connectivity index (χ0n) is 12.9. The van der Waals surface area contributed by atoms with E-state index in [-0.39, 0.29) is 5.91 Å². The van der Waals surface area contributed by atoms with Gasteiger partial charge in [0.15, 0.2) is 0 Å². The van der Waals surface area contributed by atoms with Gasteiger partial charge in [-0.2, -0.15) is 0 Å². The lowest BCUT2D eigenvalue weighted by atomic mass is 9.93. The molecule has 2 atom stereocenters. The number of carbonyl (C=O) groups is 1. The molecule has 1 aromatic rings. The second kappa shape index (κ2) is 6.06. The van der Waals surface area contributed by atoms with E-state index in [0.717, 1.165) is 56.0 Å². The van der Waals surface area contributed by atoms with Gasteiger partial charge in [-0.15, -0.1) is 0 Å². The molecule has 0 aliphatic carbocycles. The summed E-state index contributed by atoms with van der Waals surface area (Å²) in [6, 6.07) is 6.37. The minimum Gasteiger partial charge on any atom is -0.493 e. The summed E-state index contributed by atoms with van der Waals surface area (Å²) in [5.41, 5.74) is 1.96. The predicted octanol–water partition coefficient (Wildman–Crippen LogP) is 2.08. The number of nitrogens with one attached hydrogen (secondary N) is 1. The van der Waals surface area contributed by atoms with Crippen LogP contribution in [0.25, 0.3) is 0 Å². The van der Waals surface area contributed by atoms with Crippen LogP contribution in [-0.4, -0.2) is 43.1 Å². The molecule has 1 amide bonds. The van der Waals surface area contributed by atoms with Gasteiger partial charge in [0.25, 0.3) is 5.91 Å². The minimum atomic E-state index is 0.159. The number of hydrogen-bond donors (Lipinski definition) is 1. The summed E-state index contributed by atoms with van der Waals surface area (Å²) in [6.45, 7) is 7.77. The average Bonchev–Trinajstić information content (AvgIpc) is 2.96. The molecule has 1 saturated heterocycles. The number of nitrogens with zero attached hydrogens (tertiary/aromatic N) is 1. The largest absolute Gasteiger partial charge is 0.493 e. The Hall–Kier alpha value is -1.55. The highest BCUT2D eigenvalue weighted by molar-refractivity contribution is 5.94. The van der Waals surface area contributed by atoms with Gasteiger partial charge in [0, 0.05) is 31.1 Å². The molecule has 2 aliphatic rings. The highest BCUT2D eigenvalue weighted by Crippen LogP contribution is 2.27. The molecule has 4 nitrogen and oxygen atoms in total. The minimum absolute atomic E-state index is 0.159. The van der Waals surface area contributed by atoms with Crippen LogP contribution in [0, 0.1) is 5.92 Å². The zero-order valence-corrected chi connectivity index (χ0v) is 12.9. The molecule has 0 aromatic heterocycles. The maximum absolute atomic E-state index is 12.7. The summed E-state index contributed by atoms with van der Waals surface area (Å²) in [6.07, 6.45) is 1.95. The molecule has 1 N–H and O–H groups in total. The molecule has 2 heterocycles. The van der Waals surface area contributed by atoms with Gasteiger partial charge in [0.1, 0.15) is 5.75 Å². The smallest absolute Gasteiger partial charge is 0.253 e. The molecule has 4 heteroatoms. The molecule has 114 valence electrons. The van der Waals surface area contributed by atoms with Gasteiger partial charge in [-0.3, -0.25) is 4.79 Å². The lowest BCUT2D eigenvalue weighted by Gasteiger charge is -2.37. The van der Waals surface area contributed by atoms with E-state index >= 15 is 0 Å². The number of piperidine rings is 1. The van der Waals surface area contributed by atoms with Crippen LogP contribution in [0.3, 0.4) is 0 Å². The van der Waals surface area contributed by atoms with E-state index in [1.54, 1.807) is 0 Å². The molecule has 1 fully saturated rings. The number of benzene rings is 1. The number of hydrogen-bond acceptors (Lipinski definition) is 3.